The van der Waals surface area contributed by atoms with Gasteiger partial charge in [-0.3, -0.25) is 4.79 Å². The number of aromatic nitrogens is 1. The molecular weight excluding hydrogens is 422 g/mol. The molecule has 2 heterocycles. The number of thiophene rings is 1. The number of aliphatic carboxylic acids is 1. The third-order valence-corrected chi connectivity index (χ3v) is 7.30. The molecule has 30 heavy (non-hydrogen) atoms. The highest BCUT2D eigenvalue weighted by molar-refractivity contribution is 7.90. The van der Waals surface area contributed by atoms with Gasteiger partial charge in [0.05, 0.1) is 17.5 Å². The first-order valence-corrected chi connectivity index (χ1v) is 11.6. The van der Waals surface area contributed by atoms with Crippen molar-refractivity contribution in [2.75, 3.05) is 7.11 Å². The molecule has 0 saturated carbocycles. The molecule has 2 aromatic carbocycles. The molecule has 2 aromatic heterocycles. The summed E-state index contributed by atoms with van der Waals surface area (Å²) in [6.45, 7) is 0. The predicted octanol–water partition coefficient (Wildman–Crippen LogP) is 4.63. The van der Waals surface area contributed by atoms with Gasteiger partial charge in [-0.05, 0) is 76.3 Å². The largest absolute Gasteiger partial charge is 0.497 e. The fourth-order valence-corrected chi connectivity index (χ4v) is 5.43. The molecule has 4 aromatic rings. The number of carboxylic acid groups (broad SMARTS) is 1. The average Bonchev–Trinajstić information content (AvgIpc) is 3.40. The molecule has 154 valence electrons. The van der Waals surface area contributed by atoms with E-state index in [1.807, 2.05) is 29.0 Å². The number of rotatable bonds is 7. The number of nitrogens with zero attached hydrogens (tertiary/aromatic N) is 1. The van der Waals surface area contributed by atoms with Crippen LogP contribution >= 0.6 is 11.3 Å². The molecule has 0 saturated heterocycles. The normalized spacial score (nSPS) is 11.6. The van der Waals surface area contributed by atoms with Crippen LogP contribution in [-0.4, -0.2) is 30.6 Å². The van der Waals surface area contributed by atoms with Crippen LogP contribution < -0.4 is 4.74 Å². The van der Waals surface area contributed by atoms with Crippen molar-refractivity contribution in [1.29, 1.82) is 0 Å². The molecular formula is C22H19NO5S2. The van der Waals surface area contributed by atoms with Gasteiger partial charge in [-0.2, -0.15) is 11.3 Å². The van der Waals surface area contributed by atoms with Gasteiger partial charge in [-0.25, -0.2) is 12.4 Å². The van der Waals surface area contributed by atoms with E-state index in [4.69, 9.17) is 9.84 Å². The zero-order chi connectivity index (χ0) is 21.3. The Bertz CT molecular complexity index is 1300. The summed E-state index contributed by atoms with van der Waals surface area (Å²) < 4.78 is 33.0. The Morgan fingerprint density at radius 2 is 1.87 bits per heavy atom. The van der Waals surface area contributed by atoms with Crippen LogP contribution in [0.4, 0.5) is 0 Å². The van der Waals surface area contributed by atoms with Crippen molar-refractivity contribution in [3.05, 3.63) is 71.1 Å². The molecule has 0 fully saturated rings. The molecule has 6 nitrogen and oxygen atoms in total. The predicted molar refractivity (Wildman–Crippen MR) is 117 cm³/mol. The van der Waals surface area contributed by atoms with Gasteiger partial charge in [0, 0.05) is 18.0 Å². The standard InChI is InChI=1S/C22H19NO5S2/c1-28-18-4-6-19(7-5-18)30(26,27)23-13-16(3-9-22(24)25)20-12-15(2-8-21(20)23)17-10-11-29-14-17/h2,4-8,10-14H,3,9H2,1H3,(H,24,25). The van der Waals surface area contributed by atoms with Crippen molar-refractivity contribution in [1.82, 2.24) is 3.97 Å². The second kappa shape index (κ2) is 7.97. The number of hydrogen-bond acceptors (Lipinski definition) is 5. The Morgan fingerprint density at radius 3 is 2.50 bits per heavy atom. The molecule has 0 aliphatic carbocycles. The van der Waals surface area contributed by atoms with E-state index in [9.17, 15) is 13.2 Å². The number of benzene rings is 2. The van der Waals surface area contributed by atoms with E-state index in [-0.39, 0.29) is 17.7 Å². The van der Waals surface area contributed by atoms with Crippen molar-refractivity contribution in [3.63, 3.8) is 0 Å². The quantitative estimate of drug-likeness (QED) is 0.452. The van der Waals surface area contributed by atoms with Crippen LogP contribution in [0.3, 0.4) is 0 Å². The van der Waals surface area contributed by atoms with E-state index in [0.29, 0.717) is 16.8 Å². The minimum absolute atomic E-state index is 0.0790. The van der Waals surface area contributed by atoms with Crippen molar-refractivity contribution in [2.45, 2.75) is 17.7 Å². The lowest BCUT2D eigenvalue weighted by Gasteiger charge is -2.09. The Hall–Kier alpha value is -3.10. The summed E-state index contributed by atoms with van der Waals surface area (Å²) in [6.07, 6.45) is 1.69. The van der Waals surface area contributed by atoms with Crippen molar-refractivity contribution in [2.24, 2.45) is 0 Å². The Balaban J connectivity index is 1.87. The first-order valence-electron chi connectivity index (χ1n) is 9.18. The zero-order valence-corrected chi connectivity index (χ0v) is 17.7. The van der Waals surface area contributed by atoms with E-state index in [2.05, 4.69) is 0 Å². The molecule has 0 aliphatic rings. The number of fused-ring (bicyclic) bond motifs is 1. The first kappa shape index (κ1) is 20.2. The van der Waals surface area contributed by atoms with Crippen LogP contribution in [0.1, 0.15) is 12.0 Å². The van der Waals surface area contributed by atoms with Crippen LogP contribution in [-0.2, 0) is 21.2 Å². The summed E-state index contributed by atoms with van der Waals surface area (Å²) in [6, 6.07) is 13.8. The van der Waals surface area contributed by atoms with Gasteiger partial charge in [0.2, 0.25) is 0 Å². The number of carboxylic acids is 1. The lowest BCUT2D eigenvalue weighted by Crippen LogP contribution is -2.11. The fourth-order valence-electron chi connectivity index (χ4n) is 3.38. The Morgan fingerprint density at radius 1 is 1.10 bits per heavy atom. The van der Waals surface area contributed by atoms with Crippen LogP contribution in [0.25, 0.3) is 22.0 Å². The number of aryl methyl sites for hydroxylation is 1. The van der Waals surface area contributed by atoms with Crippen molar-refractivity contribution in [3.8, 4) is 16.9 Å². The fraction of sp³-hybridized carbons (Fsp3) is 0.136. The number of methoxy groups -OCH3 is 1. The highest BCUT2D eigenvalue weighted by atomic mass is 32.2. The second-order valence-corrected chi connectivity index (χ2v) is 9.36. The van der Waals surface area contributed by atoms with Crippen molar-refractivity contribution >= 4 is 38.2 Å². The lowest BCUT2D eigenvalue weighted by molar-refractivity contribution is -0.136. The topological polar surface area (TPSA) is 85.6 Å². The SMILES string of the molecule is COc1ccc(S(=O)(=O)n2cc(CCC(=O)O)c3cc(-c4ccsc4)ccc32)cc1. The van der Waals surface area contributed by atoms with Gasteiger partial charge in [-0.1, -0.05) is 6.07 Å². The van der Waals surface area contributed by atoms with Crippen LogP contribution in [0, 0.1) is 0 Å². The Labute approximate surface area is 178 Å². The second-order valence-electron chi connectivity index (χ2n) is 6.77. The highest BCUT2D eigenvalue weighted by Gasteiger charge is 2.22. The third-order valence-electron chi connectivity index (χ3n) is 4.93. The van der Waals surface area contributed by atoms with Crippen LogP contribution in [0.15, 0.2) is 70.4 Å². The molecule has 8 heteroatoms. The lowest BCUT2D eigenvalue weighted by atomic mass is 10.0. The summed E-state index contributed by atoms with van der Waals surface area (Å²) in [5.74, 6) is -0.364. The molecule has 0 spiro atoms. The van der Waals surface area contributed by atoms with Crippen LogP contribution in [0.2, 0.25) is 0 Å². The molecule has 0 aliphatic heterocycles. The summed E-state index contributed by atoms with van der Waals surface area (Å²) in [7, 11) is -2.34. The molecule has 0 atom stereocenters. The zero-order valence-electron chi connectivity index (χ0n) is 16.1. The van der Waals surface area contributed by atoms with Gasteiger partial charge in [0.15, 0.2) is 0 Å². The first-order chi connectivity index (χ1) is 14.4. The average molecular weight is 442 g/mol. The van der Waals surface area contributed by atoms with Gasteiger partial charge >= 0.3 is 5.97 Å². The van der Waals surface area contributed by atoms with E-state index in [1.54, 1.807) is 29.5 Å². The summed E-state index contributed by atoms with van der Waals surface area (Å²) in [5, 5.41) is 13.8. The summed E-state index contributed by atoms with van der Waals surface area (Å²) in [4.78, 5) is 11.2. The minimum atomic E-state index is -3.86. The van der Waals surface area contributed by atoms with Gasteiger partial charge in [0.25, 0.3) is 10.0 Å². The van der Waals surface area contributed by atoms with Crippen LogP contribution in [0.5, 0.6) is 5.75 Å². The molecule has 1 N–H and O–H groups in total. The number of hydrogen-bond donors (Lipinski definition) is 1. The smallest absolute Gasteiger partial charge is 0.303 e. The maximum Gasteiger partial charge on any atom is 0.303 e. The molecule has 4 rings (SSSR count). The summed E-state index contributed by atoms with van der Waals surface area (Å²) in [5.41, 5.74) is 3.20. The van der Waals surface area contributed by atoms with E-state index >= 15 is 0 Å². The van der Waals surface area contributed by atoms with Gasteiger partial charge in [-0.15, -0.1) is 0 Å². The number of carbonyl (C=O) groups is 1. The van der Waals surface area contributed by atoms with Crippen molar-refractivity contribution < 1.29 is 23.1 Å². The maximum atomic E-state index is 13.3. The molecule has 0 bridgehead atoms. The number of ether oxygens (including phenoxy) is 1. The van der Waals surface area contributed by atoms with Gasteiger partial charge < -0.3 is 9.84 Å². The maximum absolute atomic E-state index is 13.3. The molecule has 0 radical (unpaired) electrons. The van der Waals surface area contributed by atoms with E-state index < -0.39 is 16.0 Å². The van der Waals surface area contributed by atoms with E-state index in [1.165, 1.54) is 29.4 Å². The summed E-state index contributed by atoms with van der Waals surface area (Å²) >= 11 is 1.58. The monoisotopic (exact) mass is 441 g/mol. The molecule has 0 unspecified atom stereocenters. The van der Waals surface area contributed by atoms with Gasteiger partial charge in [0.1, 0.15) is 5.75 Å². The Kier molecular flexibility index (Phi) is 5.36. The third kappa shape index (κ3) is 3.71. The van der Waals surface area contributed by atoms with E-state index in [0.717, 1.165) is 16.5 Å². The molecule has 0 amide bonds. The minimum Gasteiger partial charge on any atom is -0.497 e. The highest BCUT2D eigenvalue weighted by Crippen LogP contribution is 2.32.